The lowest BCUT2D eigenvalue weighted by Crippen LogP contribution is -2.19. The lowest BCUT2D eigenvalue weighted by atomic mass is 10.2. The van der Waals surface area contributed by atoms with Crippen molar-refractivity contribution in [3.8, 4) is 5.75 Å². The number of benzene rings is 1. The van der Waals surface area contributed by atoms with E-state index in [2.05, 4.69) is 20.7 Å². The van der Waals surface area contributed by atoms with Gasteiger partial charge >= 0.3 is 0 Å². The minimum atomic E-state index is -0.191. The maximum Gasteiger partial charge on any atom is 0.272 e. The van der Waals surface area contributed by atoms with E-state index in [4.69, 9.17) is 4.74 Å². The fraction of sp³-hybridized carbons (Fsp3) is 0.250. The molecule has 0 fully saturated rings. The molecule has 7 nitrogen and oxygen atoms in total. The summed E-state index contributed by atoms with van der Waals surface area (Å²) in [6, 6.07) is 7.47. The summed E-state index contributed by atoms with van der Waals surface area (Å²) in [5, 5.41) is 11.4. The number of ether oxygens (including phenoxy) is 1. The van der Waals surface area contributed by atoms with Gasteiger partial charge in [-0.2, -0.15) is 5.10 Å². The minimum absolute atomic E-state index is 0.191. The number of fused-ring (bicyclic) bond motifs is 2. The standard InChI is InChI=1S/C16H17N5O2/c1-23-11-3-4-12-10(7-11)8-13(19-12)16(22)20-14-9-18-21-6-2-5-17-15(14)21/h3-4,7-9,17,19H,2,5-6H2,1H3,(H,20,22). The third-order valence-electron chi connectivity index (χ3n) is 4.00. The zero-order chi connectivity index (χ0) is 15.8. The fourth-order valence-electron chi connectivity index (χ4n) is 2.82. The first-order chi connectivity index (χ1) is 11.2. The van der Waals surface area contributed by atoms with Crippen molar-refractivity contribution in [1.29, 1.82) is 0 Å². The highest BCUT2D eigenvalue weighted by Crippen LogP contribution is 2.26. The number of H-pyrrole nitrogens is 1. The molecule has 23 heavy (non-hydrogen) atoms. The molecular weight excluding hydrogens is 294 g/mol. The average Bonchev–Trinajstić information content (AvgIpc) is 3.18. The van der Waals surface area contributed by atoms with Gasteiger partial charge in [-0.05, 0) is 30.7 Å². The van der Waals surface area contributed by atoms with Crippen LogP contribution in [0.1, 0.15) is 16.9 Å². The predicted molar refractivity (Wildman–Crippen MR) is 88.1 cm³/mol. The number of hydrogen-bond acceptors (Lipinski definition) is 4. The van der Waals surface area contributed by atoms with Crippen LogP contribution in [-0.2, 0) is 6.54 Å². The molecule has 7 heteroatoms. The Hall–Kier alpha value is -2.96. The maximum absolute atomic E-state index is 12.5. The van der Waals surface area contributed by atoms with E-state index < -0.39 is 0 Å². The molecule has 0 radical (unpaired) electrons. The van der Waals surface area contributed by atoms with Gasteiger partial charge in [-0.3, -0.25) is 4.79 Å². The van der Waals surface area contributed by atoms with Crippen molar-refractivity contribution in [2.45, 2.75) is 13.0 Å². The van der Waals surface area contributed by atoms with Crippen LogP contribution in [0.4, 0.5) is 11.5 Å². The molecule has 1 aliphatic rings. The number of anilines is 2. The summed E-state index contributed by atoms with van der Waals surface area (Å²) in [5.41, 5.74) is 2.10. The number of aromatic amines is 1. The number of carbonyl (C=O) groups is 1. The number of carbonyl (C=O) groups excluding carboxylic acids is 1. The molecule has 0 saturated heterocycles. The summed E-state index contributed by atoms with van der Waals surface area (Å²) < 4.78 is 7.08. The van der Waals surface area contributed by atoms with Gasteiger partial charge in [0.05, 0.1) is 13.3 Å². The Bertz CT molecular complexity index is 880. The average molecular weight is 311 g/mol. The van der Waals surface area contributed by atoms with Gasteiger partial charge in [0.1, 0.15) is 22.9 Å². The van der Waals surface area contributed by atoms with Crippen molar-refractivity contribution in [1.82, 2.24) is 14.8 Å². The normalized spacial score (nSPS) is 13.4. The molecule has 0 aliphatic carbocycles. The Morgan fingerprint density at radius 3 is 3.17 bits per heavy atom. The van der Waals surface area contributed by atoms with Crippen LogP contribution >= 0.6 is 0 Å². The molecular formula is C16H17N5O2. The molecule has 3 aromatic rings. The monoisotopic (exact) mass is 311 g/mol. The van der Waals surface area contributed by atoms with Crippen LogP contribution < -0.4 is 15.4 Å². The molecule has 4 rings (SSSR count). The number of nitrogens with zero attached hydrogens (tertiary/aromatic N) is 2. The van der Waals surface area contributed by atoms with E-state index in [1.54, 1.807) is 13.3 Å². The summed E-state index contributed by atoms with van der Waals surface area (Å²) >= 11 is 0. The number of methoxy groups -OCH3 is 1. The first-order valence-corrected chi connectivity index (χ1v) is 7.52. The van der Waals surface area contributed by atoms with E-state index in [9.17, 15) is 4.79 Å². The second kappa shape index (κ2) is 5.35. The Balaban J connectivity index is 1.60. The molecule has 2 aromatic heterocycles. The van der Waals surface area contributed by atoms with Crippen molar-refractivity contribution in [3.05, 3.63) is 36.2 Å². The summed E-state index contributed by atoms with van der Waals surface area (Å²) in [4.78, 5) is 15.6. The zero-order valence-corrected chi connectivity index (χ0v) is 12.7. The number of nitrogens with one attached hydrogen (secondary N) is 3. The highest BCUT2D eigenvalue weighted by atomic mass is 16.5. The first kappa shape index (κ1) is 13.7. The Kier molecular flexibility index (Phi) is 3.18. The van der Waals surface area contributed by atoms with Gasteiger partial charge in [0.25, 0.3) is 5.91 Å². The number of amides is 1. The first-order valence-electron chi connectivity index (χ1n) is 7.52. The molecule has 0 bridgehead atoms. The maximum atomic E-state index is 12.5. The topological polar surface area (TPSA) is 84.0 Å². The summed E-state index contributed by atoms with van der Waals surface area (Å²) in [6.45, 7) is 1.76. The van der Waals surface area contributed by atoms with Crippen LogP contribution in [0.2, 0.25) is 0 Å². The van der Waals surface area contributed by atoms with Crippen molar-refractivity contribution < 1.29 is 9.53 Å². The Labute approximate surface area is 132 Å². The second-order valence-electron chi connectivity index (χ2n) is 5.50. The van der Waals surface area contributed by atoms with Crippen molar-refractivity contribution in [2.24, 2.45) is 0 Å². The van der Waals surface area contributed by atoms with Gasteiger partial charge in [-0.15, -0.1) is 0 Å². The van der Waals surface area contributed by atoms with Crippen LogP contribution in [-0.4, -0.2) is 34.3 Å². The van der Waals surface area contributed by atoms with Crippen LogP contribution in [0, 0.1) is 0 Å². The SMILES string of the molecule is COc1ccc2[nH]c(C(=O)Nc3cnn4c3NCCC4)cc2c1. The smallest absolute Gasteiger partial charge is 0.272 e. The molecule has 1 aliphatic heterocycles. The Morgan fingerprint density at radius 1 is 1.39 bits per heavy atom. The van der Waals surface area contributed by atoms with Crippen LogP contribution in [0.3, 0.4) is 0 Å². The van der Waals surface area contributed by atoms with E-state index in [1.807, 2.05) is 28.9 Å². The van der Waals surface area contributed by atoms with Gasteiger partial charge in [-0.1, -0.05) is 0 Å². The largest absolute Gasteiger partial charge is 0.497 e. The van der Waals surface area contributed by atoms with E-state index in [1.165, 1.54) is 0 Å². The van der Waals surface area contributed by atoms with E-state index >= 15 is 0 Å². The van der Waals surface area contributed by atoms with Gasteiger partial charge in [0.15, 0.2) is 0 Å². The predicted octanol–water partition coefficient (Wildman–Crippen LogP) is 2.44. The molecule has 0 unspecified atom stereocenters. The quantitative estimate of drug-likeness (QED) is 0.693. The lowest BCUT2D eigenvalue weighted by molar-refractivity contribution is 0.102. The molecule has 1 amide bonds. The van der Waals surface area contributed by atoms with Crippen LogP contribution in [0.15, 0.2) is 30.5 Å². The molecule has 3 heterocycles. The molecule has 118 valence electrons. The molecule has 3 N–H and O–H groups in total. The van der Waals surface area contributed by atoms with E-state index in [-0.39, 0.29) is 5.91 Å². The summed E-state index contributed by atoms with van der Waals surface area (Å²) in [6.07, 6.45) is 2.71. The summed E-state index contributed by atoms with van der Waals surface area (Å²) in [7, 11) is 1.62. The minimum Gasteiger partial charge on any atom is -0.497 e. The third-order valence-corrected chi connectivity index (χ3v) is 4.00. The highest BCUT2D eigenvalue weighted by molar-refractivity contribution is 6.07. The van der Waals surface area contributed by atoms with Gasteiger partial charge in [-0.25, -0.2) is 4.68 Å². The highest BCUT2D eigenvalue weighted by Gasteiger charge is 2.17. The lowest BCUT2D eigenvalue weighted by Gasteiger charge is -2.16. The van der Waals surface area contributed by atoms with Gasteiger partial charge < -0.3 is 20.4 Å². The number of aromatic nitrogens is 3. The molecule has 0 spiro atoms. The molecule has 1 aromatic carbocycles. The van der Waals surface area contributed by atoms with Crippen molar-refractivity contribution in [3.63, 3.8) is 0 Å². The zero-order valence-electron chi connectivity index (χ0n) is 12.7. The van der Waals surface area contributed by atoms with E-state index in [0.717, 1.165) is 42.0 Å². The Morgan fingerprint density at radius 2 is 2.30 bits per heavy atom. The summed E-state index contributed by atoms with van der Waals surface area (Å²) in [5.74, 6) is 1.43. The number of hydrogen-bond donors (Lipinski definition) is 3. The fourth-order valence-corrected chi connectivity index (χ4v) is 2.82. The van der Waals surface area contributed by atoms with Gasteiger partial charge in [0.2, 0.25) is 0 Å². The number of aryl methyl sites for hydroxylation is 1. The van der Waals surface area contributed by atoms with E-state index in [0.29, 0.717) is 11.4 Å². The second-order valence-corrected chi connectivity index (χ2v) is 5.50. The van der Waals surface area contributed by atoms with Crippen molar-refractivity contribution in [2.75, 3.05) is 24.3 Å². The van der Waals surface area contributed by atoms with Gasteiger partial charge in [0, 0.05) is 24.0 Å². The molecule has 0 atom stereocenters. The van der Waals surface area contributed by atoms with Crippen LogP contribution in [0.5, 0.6) is 5.75 Å². The third kappa shape index (κ3) is 2.40. The van der Waals surface area contributed by atoms with Crippen molar-refractivity contribution >= 4 is 28.3 Å². The van der Waals surface area contributed by atoms with Crippen LogP contribution in [0.25, 0.3) is 10.9 Å². The molecule has 0 saturated carbocycles. The number of rotatable bonds is 3.